The Kier molecular flexibility index (Phi) is 18.8. The molecule has 12 aliphatic carbocycles. The second-order valence-corrected chi connectivity index (χ2v) is 36.9. The molecule has 0 aromatic heterocycles. The number of carbonyl (C=O) groups excluding carboxylic acids is 4. The number of aliphatic hydroxyl groups is 6. The van der Waals surface area contributed by atoms with Crippen LogP contribution in [0.4, 0.5) is 0 Å². The van der Waals surface area contributed by atoms with Crippen molar-refractivity contribution in [3.8, 4) is 0 Å². The number of aliphatic hydroxyl groups excluding tert-OH is 6. The zero-order valence-corrected chi connectivity index (χ0v) is 58.3. The Morgan fingerprint density at radius 1 is 0.380 bits per heavy atom. The average molecular weight is 1280 g/mol. The van der Waals surface area contributed by atoms with Gasteiger partial charge in [0.1, 0.15) is 6.04 Å². The molecule has 15 nitrogen and oxygen atoms in total. The molecule has 25 rings (SSSR count). The largest absolute Gasteiger partial charge is 0.393 e. The van der Waals surface area contributed by atoms with Crippen molar-refractivity contribution in [1.82, 2.24) is 21.3 Å². The van der Waals surface area contributed by atoms with Gasteiger partial charge in [0.05, 0.1) is 36.6 Å². The number of rotatable bonds is 3. The van der Waals surface area contributed by atoms with Crippen LogP contribution in [0.1, 0.15) is 249 Å². The third kappa shape index (κ3) is 11.1. The molecule has 12 saturated carbocycles. The summed E-state index contributed by atoms with van der Waals surface area (Å²) in [5.74, 6) is 3.16. The summed E-state index contributed by atoms with van der Waals surface area (Å²) in [5, 5.41) is 88.3. The van der Waals surface area contributed by atoms with Gasteiger partial charge in [0, 0.05) is 37.4 Å². The molecule has 0 aromatic carbocycles. The van der Waals surface area contributed by atoms with E-state index in [-0.39, 0.29) is 182 Å². The van der Waals surface area contributed by atoms with Crippen molar-refractivity contribution in [3.05, 3.63) is 0 Å². The molecule has 13 saturated heterocycles. The first kappa shape index (κ1) is 68.1. The van der Waals surface area contributed by atoms with E-state index in [0.717, 1.165) is 116 Å². The normalized spacial score (nSPS) is 55.7. The predicted molar refractivity (Wildman–Crippen MR) is 355 cm³/mol. The Labute approximate surface area is 552 Å². The molecule has 520 valence electrons. The fourth-order valence-electron chi connectivity index (χ4n) is 28.3. The van der Waals surface area contributed by atoms with Crippen LogP contribution in [0, 0.1) is 139 Å². The number of amides is 4. The molecule has 24 bridgehead atoms. The number of carbonyl (C=O) groups is 4. The maximum atomic E-state index is 14.4. The summed E-state index contributed by atoms with van der Waals surface area (Å²) in [6.45, 7) is 21.4. The van der Waals surface area contributed by atoms with E-state index >= 15 is 0 Å². The molecule has 92 heavy (non-hydrogen) atoms. The maximum Gasteiger partial charge on any atom is 0.242 e. The van der Waals surface area contributed by atoms with Gasteiger partial charge in [-0.05, 0) is 312 Å². The molecule has 34 atom stereocenters. The van der Waals surface area contributed by atoms with Crippen molar-refractivity contribution in [2.45, 2.75) is 309 Å². The van der Waals surface area contributed by atoms with Crippen LogP contribution in [0.3, 0.4) is 0 Å². The first-order valence-corrected chi connectivity index (χ1v) is 38.6. The Balaban J connectivity index is 0.715. The summed E-state index contributed by atoms with van der Waals surface area (Å²) in [7, 11) is 0. The molecule has 25 fully saturated rings. The summed E-state index contributed by atoms with van der Waals surface area (Å²) >= 11 is 0. The molecule has 15 heteroatoms. The number of fused-ring (bicyclic) bond motifs is 1. The van der Waals surface area contributed by atoms with Gasteiger partial charge in [0.15, 0.2) is 0 Å². The number of hydrogen-bond acceptors (Lipinski definition) is 11. The highest BCUT2D eigenvalue weighted by Gasteiger charge is 2.70. The van der Waals surface area contributed by atoms with Crippen LogP contribution < -0.4 is 27.0 Å². The smallest absolute Gasteiger partial charge is 0.242 e. The number of nitrogens with two attached hydrogens (primary N) is 1. The topological polar surface area (TPSA) is 264 Å². The first-order valence-electron chi connectivity index (χ1n) is 38.6. The molecule has 25 aliphatic rings. The number of hydrogen-bond donors (Lipinski definition) is 11. The molecule has 0 unspecified atom stereocenters. The fraction of sp³-hybridized carbons (Fsp3) is 0.948. The Morgan fingerprint density at radius 2 is 0.685 bits per heavy atom. The predicted octanol–water partition coefficient (Wildman–Crippen LogP) is 9.73. The van der Waals surface area contributed by atoms with Crippen molar-refractivity contribution in [2.75, 3.05) is 6.54 Å². The summed E-state index contributed by atoms with van der Waals surface area (Å²) < 4.78 is 0. The van der Waals surface area contributed by atoms with Crippen LogP contribution in [0.2, 0.25) is 0 Å². The van der Waals surface area contributed by atoms with Gasteiger partial charge in [0.2, 0.25) is 23.6 Å². The second kappa shape index (κ2) is 25.4. The molecule has 4 amide bonds. The quantitative estimate of drug-likeness (QED) is 0.127. The minimum absolute atomic E-state index is 0.0365. The van der Waals surface area contributed by atoms with Crippen LogP contribution in [0.25, 0.3) is 0 Å². The highest BCUT2D eigenvalue weighted by molar-refractivity contribution is 5.87. The average Bonchev–Trinajstić information content (AvgIpc) is 1.35. The van der Waals surface area contributed by atoms with Crippen molar-refractivity contribution >= 4 is 23.6 Å². The lowest BCUT2D eigenvalue weighted by molar-refractivity contribution is -0.202. The molecule has 13 aliphatic heterocycles. The molecular weight excluding hydrogens is 1150 g/mol. The summed E-state index contributed by atoms with van der Waals surface area (Å²) in [5.41, 5.74) is 4.74. The van der Waals surface area contributed by atoms with Crippen LogP contribution >= 0.6 is 0 Å². The molecule has 12 N–H and O–H groups in total. The van der Waals surface area contributed by atoms with Gasteiger partial charge in [-0.2, -0.15) is 0 Å². The Hall–Kier alpha value is -2.40. The van der Waals surface area contributed by atoms with E-state index in [4.69, 9.17) is 5.73 Å². The van der Waals surface area contributed by atoms with Gasteiger partial charge >= 0.3 is 0 Å². The van der Waals surface area contributed by atoms with Gasteiger partial charge < -0.3 is 57.6 Å². The molecule has 0 radical (unpaired) electrons. The van der Waals surface area contributed by atoms with Crippen LogP contribution in [0.15, 0.2) is 0 Å². The van der Waals surface area contributed by atoms with E-state index < -0.39 is 48.1 Å². The van der Waals surface area contributed by atoms with Gasteiger partial charge in [0.25, 0.3) is 0 Å². The minimum atomic E-state index is -0.712. The van der Waals surface area contributed by atoms with E-state index in [1.807, 2.05) is 0 Å². The highest BCUT2D eigenvalue weighted by atomic mass is 16.3. The summed E-state index contributed by atoms with van der Waals surface area (Å²) in [6.07, 6.45) is 19.0. The van der Waals surface area contributed by atoms with Gasteiger partial charge in [-0.3, -0.25) is 19.2 Å². The monoisotopic (exact) mass is 1280 g/mol. The van der Waals surface area contributed by atoms with Gasteiger partial charge in [-0.1, -0.05) is 62.3 Å². The molecular formula is C77H127N5O10. The van der Waals surface area contributed by atoms with E-state index in [1.165, 1.54) is 0 Å². The van der Waals surface area contributed by atoms with Crippen molar-refractivity contribution in [3.63, 3.8) is 0 Å². The van der Waals surface area contributed by atoms with Crippen molar-refractivity contribution in [2.24, 2.45) is 145 Å². The van der Waals surface area contributed by atoms with Crippen LogP contribution in [0.5, 0.6) is 0 Å². The van der Waals surface area contributed by atoms with Crippen molar-refractivity contribution in [1.29, 1.82) is 0 Å². The lowest BCUT2D eigenvalue weighted by Gasteiger charge is -2.64. The number of nitrogens with one attached hydrogen (secondary N) is 4. The van der Waals surface area contributed by atoms with Gasteiger partial charge in [-0.25, -0.2) is 0 Å². The Morgan fingerprint density at radius 3 is 1.01 bits per heavy atom. The highest BCUT2D eigenvalue weighted by Crippen LogP contribution is 2.72. The standard InChI is InChI=1S/C77H127N5O10/c1-40-12-21-65(89)80-47-25-28-73(5)44(32-47)35-60(84)69-53-20-17-51(77(53,9)63(87)38-56(69)73)42(3)14-23-67(91)82-58(11-10-30-78)71(92)81-48-26-29-74(6)45(33-48)36-61(85)70-54-19-16-50(76(54,8)64(88)39-57(70)74)41(2)13-22-66(90)79-46-24-27-72(4)43(31-46)34-59(83)68-52-18-15-49(40)75(52,7)62(86)37-55(68)72/h40-64,68-70,83-88H,10-39,78H2,1-9H3,(H,79,90)(H,80,89)(H,81,92)(H,82,91)/t40-,41-,42-,43+,44+,45+,46-,47-,48-,49-,50-,51-,52+,53+,54+,55+,56+,57+,58+,59-,60-,61-,62+,63+,64+,68+,69+,70+,72+,73+,74+,75-,76-,77-/m1/s1. The molecule has 13 heterocycles. The SMILES string of the molecule is C[C@@H]1CCC(=O)N[C@@H]2CC[C@@]3(C)[C@@H](C2)C[C@@H](O)[C@@H]2[C@@H]3C[C@H](O)[C@]3(C)[C@H](CC[C@@H]23)[C@H](C)CCC(=O)N[C@@H](CCCN)C(=O)N[C@@H]2CC[C@@]3(C)[C@@H](C2)C[C@@H](O)[C@@H]2[C@@H]3C[C@H](O)[C@]3(C)[C@H](CC[C@@H]23)[C@H](C)CCC(=O)N[C@@H]2CC[C@@]3(C)[C@@H](C2)C[C@@H](O)[C@@H]2[C@@H]3C[C@H](O)[C@]3(C)[C@@H]1CC[C@@H]23. The summed E-state index contributed by atoms with van der Waals surface area (Å²) in [4.78, 5) is 56.6. The van der Waals surface area contributed by atoms with E-state index in [2.05, 4.69) is 83.6 Å². The van der Waals surface area contributed by atoms with Gasteiger partial charge in [-0.15, -0.1) is 0 Å². The second-order valence-electron chi connectivity index (χ2n) is 36.9. The zero-order valence-electron chi connectivity index (χ0n) is 58.3. The van der Waals surface area contributed by atoms with E-state index in [0.29, 0.717) is 70.8 Å². The lowest BCUT2D eigenvalue weighted by Crippen LogP contribution is -2.63. The zero-order chi connectivity index (χ0) is 65.5. The minimum Gasteiger partial charge on any atom is -0.393 e. The first-order chi connectivity index (χ1) is 43.6. The third-order valence-electron chi connectivity index (χ3n) is 33.6. The molecule has 0 spiro atoms. The van der Waals surface area contributed by atoms with E-state index in [1.54, 1.807) is 0 Å². The van der Waals surface area contributed by atoms with Crippen molar-refractivity contribution < 1.29 is 49.8 Å². The summed E-state index contributed by atoms with van der Waals surface area (Å²) in [6, 6.07) is -0.718. The Bertz CT molecular complexity index is 2720. The molecule has 0 aromatic rings. The van der Waals surface area contributed by atoms with Crippen LogP contribution in [-0.4, -0.2) is 122 Å². The fourth-order valence-corrected chi connectivity index (χ4v) is 28.3. The van der Waals surface area contributed by atoms with Crippen LogP contribution in [-0.2, 0) is 19.2 Å². The lowest BCUT2D eigenvalue weighted by atomic mass is 9.43. The third-order valence-corrected chi connectivity index (χ3v) is 33.6. The van der Waals surface area contributed by atoms with E-state index in [9.17, 15) is 49.8 Å². The maximum absolute atomic E-state index is 14.4.